The Balaban J connectivity index is 1.90. The third kappa shape index (κ3) is 4.06. The van der Waals surface area contributed by atoms with Crippen LogP contribution in [0.5, 0.6) is 5.75 Å². The van der Waals surface area contributed by atoms with E-state index in [-0.39, 0.29) is 5.82 Å². The van der Waals surface area contributed by atoms with Gasteiger partial charge in [-0.2, -0.15) is 0 Å². The number of rotatable bonds is 7. The molecule has 2 N–H and O–H groups in total. The highest BCUT2D eigenvalue weighted by Gasteiger charge is 2.08. The first-order valence-corrected chi connectivity index (χ1v) is 8.50. The Hall–Kier alpha value is -2.79. The fraction of sp³-hybridized carbons (Fsp3) is 0.150. The molecule has 0 spiro atoms. The summed E-state index contributed by atoms with van der Waals surface area (Å²) in [5.41, 5.74) is 2.57. The Bertz CT molecular complexity index is 946. The molecule has 1 heterocycles. The average Bonchev–Trinajstić information content (AvgIpc) is 2.65. The van der Waals surface area contributed by atoms with Crippen molar-refractivity contribution in [2.24, 2.45) is 0 Å². The molecule has 0 fully saturated rings. The largest absolute Gasteiger partial charge is 0.496 e. The van der Waals surface area contributed by atoms with Gasteiger partial charge in [0.15, 0.2) is 0 Å². The molecule has 0 aliphatic carbocycles. The van der Waals surface area contributed by atoms with Gasteiger partial charge in [0.1, 0.15) is 17.4 Å². The lowest BCUT2D eigenvalue weighted by Crippen LogP contribution is -2.06. The second-order valence-electron chi connectivity index (χ2n) is 5.70. The maximum Gasteiger partial charge on any atom is 0.128 e. The number of anilines is 2. The Kier molecular flexibility index (Phi) is 5.58. The van der Waals surface area contributed by atoms with Gasteiger partial charge in [0.05, 0.1) is 12.6 Å². The van der Waals surface area contributed by atoms with Crippen molar-refractivity contribution >= 4 is 34.0 Å². The van der Waals surface area contributed by atoms with E-state index >= 15 is 0 Å². The zero-order chi connectivity index (χ0) is 18.5. The SMILES string of the molecule is C=CCNc1cc(NCc2ccc(F)cc2OC)nc2ccc(Cl)cc12. The molecule has 0 amide bonds. The summed E-state index contributed by atoms with van der Waals surface area (Å²) in [6.07, 6.45) is 1.79. The Morgan fingerprint density at radius 3 is 2.81 bits per heavy atom. The lowest BCUT2D eigenvalue weighted by Gasteiger charge is -2.14. The van der Waals surface area contributed by atoms with Crippen LogP contribution in [0.1, 0.15) is 5.56 Å². The minimum Gasteiger partial charge on any atom is -0.496 e. The second-order valence-corrected chi connectivity index (χ2v) is 6.13. The molecule has 0 atom stereocenters. The van der Waals surface area contributed by atoms with Gasteiger partial charge in [-0.3, -0.25) is 0 Å². The highest BCUT2D eigenvalue weighted by Crippen LogP contribution is 2.29. The van der Waals surface area contributed by atoms with Gasteiger partial charge in [-0.05, 0) is 24.3 Å². The number of ether oxygens (including phenoxy) is 1. The molecule has 6 heteroatoms. The number of benzene rings is 2. The summed E-state index contributed by atoms with van der Waals surface area (Å²) in [7, 11) is 1.52. The third-order valence-corrected chi connectivity index (χ3v) is 4.15. The van der Waals surface area contributed by atoms with Crippen molar-refractivity contribution in [3.63, 3.8) is 0 Å². The first-order valence-electron chi connectivity index (χ1n) is 8.12. The van der Waals surface area contributed by atoms with Crippen LogP contribution < -0.4 is 15.4 Å². The highest BCUT2D eigenvalue weighted by atomic mass is 35.5. The van der Waals surface area contributed by atoms with E-state index in [4.69, 9.17) is 16.3 Å². The second kappa shape index (κ2) is 8.06. The Morgan fingerprint density at radius 1 is 1.19 bits per heavy atom. The zero-order valence-corrected chi connectivity index (χ0v) is 15.1. The molecule has 1 aromatic heterocycles. The fourth-order valence-corrected chi connectivity index (χ4v) is 2.84. The molecule has 26 heavy (non-hydrogen) atoms. The van der Waals surface area contributed by atoms with Gasteiger partial charge >= 0.3 is 0 Å². The van der Waals surface area contributed by atoms with Gasteiger partial charge in [0, 0.05) is 46.9 Å². The van der Waals surface area contributed by atoms with Crippen molar-refractivity contribution < 1.29 is 9.13 Å². The Labute approximate surface area is 156 Å². The number of halogens is 2. The average molecular weight is 372 g/mol. The lowest BCUT2D eigenvalue weighted by atomic mass is 10.1. The van der Waals surface area contributed by atoms with Crippen molar-refractivity contribution in [3.05, 3.63) is 71.5 Å². The zero-order valence-electron chi connectivity index (χ0n) is 14.4. The number of methoxy groups -OCH3 is 1. The van der Waals surface area contributed by atoms with Crippen LogP contribution in [0, 0.1) is 5.82 Å². The molecule has 0 bridgehead atoms. The predicted octanol–water partition coefficient (Wildman–Crippen LogP) is 5.25. The van der Waals surface area contributed by atoms with Crippen molar-refractivity contribution in [1.29, 1.82) is 0 Å². The van der Waals surface area contributed by atoms with Gasteiger partial charge in [-0.1, -0.05) is 23.7 Å². The maximum atomic E-state index is 13.3. The predicted molar refractivity (Wildman–Crippen MR) is 106 cm³/mol. The van der Waals surface area contributed by atoms with Crippen molar-refractivity contribution in [2.45, 2.75) is 6.54 Å². The minimum atomic E-state index is -0.331. The van der Waals surface area contributed by atoms with E-state index in [1.54, 1.807) is 18.2 Å². The summed E-state index contributed by atoms with van der Waals surface area (Å²) in [6, 6.07) is 11.9. The lowest BCUT2D eigenvalue weighted by molar-refractivity contribution is 0.406. The number of hydrogen-bond donors (Lipinski definition) is 2. The van der Waals surface area contributed by atoms with Gasteiger partial charge in [0.25, 0.3) is 0 Å². The van der Waals surface area contributed by atoms with Crippen LogP contribution in [0.3, 0.4) is 0 Å². The molecule has 0 aliphatic heterocycles. The van der Waals surface area contributed by atoms with Gasteiger partial charge < -0.3 is 15.4 Å². The third-order valence-electron chi connectivity index (χ3n) is 3.92. The van der Waals surface area contributed by atoms with E-state index in [1.807, 2.05) is 18.2 Å². The first-order chi connectivity index (χ1) is 12.6. The number of nitrogens with zero attached hydrogens (tertiary/aromatic N) is 1. The van der Waals surface area contributed by atoms with Crippen molar-refractivity contribution in [2.75, 3.05) is 24.3 Å². The van der Waals surface area contributed by atoms with E-state index in [2.05, 4.69) is 22.2 Å². The number of nitrogens with one attached hydrogen (secondary N) is 2. The summed E-state index contributed by atoms with van der Waals surface area (Å²) in [4.78, 5) is 4.62. The summed E-state index contributed by atoms with van der Waals surface area (Å²) in [6.45, 7) is 4.81. The Morgan fingerprint density at radius 2 is 2.04 bits per heavy atom. The van der Waals surface area contributed by atoms with Crippen LogP contribution in [0.2, 0.25) is 5.02 Å². The fourth-order valence-electron chi connectivity index (χ4n) is 2.67. The first kappa shape index (κ1) is 18.0. The van der Waals surface area contributed by atoms with Crippen molar-refractivity contribution in [1.82, 2.24) is 4.98 Å². The molecule has 3 rings (SSSR count). The molecular weight excluding hydrogens is 353 g/mol. The van der Waals surface area contributed by atoms with E-state index in [1.165, 1.54) is 19.2 Å². The van der Waals surface area contributed by atoms with E-state index in [0.717, 1.165) is 22.2 Å². The van der Waals surface area contributed by atoms with Gasteiger partial charge in [-0.15, -0.1) is 6.58 Å². The summed E-state index contributed by atoms with van der Waals surface area (Å²) >= 11 is 6.12. The normalized spacial score (nSPS) is 10.6. The summed E-state index contributed by atoms with van der Waals surface area (Å²) in [5, 5.41) is 8.15. The van der Waals surface area contributed by atoms with Crippen LogP contribution in [-0.4, -0.2) is 18.6 Å². The number of hydrogen-bond acceptors (Lipinski definition) is 4. The molecule has 0 radical (unpaired) electrons. The van der Waals surface area contributed by atoms with E-state index in [0.29, 0.717) is 29.7 Å². The standard InChI is InChI=1S/C20H19ClFN3O/c1-3-8-23-18-11-20(25-17-7-5-14(21)9-16(17)18)24-12-13-4-6-15(22)10-19(13)26-2/h3-7,9-11H,1,8,12H2,2H3,(H2,23,24,25). The number of pyridine rings is 1. The molecule has 134 valence electrons. The number of aromatic nitrogens is 1. The van der Waals surface area contributed by atoms with Crippen LogP contribution in [0.25, 0.3) is 10.9 Å². The van der Waals surface area contributed by atoms with Crippen LogP contribution in [0.4, 0.5) is 15.9 Å². The molecular formula is C20H19ClFN3O. The minimum absolute atomic E-state index is 0.331. The molecule has 3 aromatic rings. The molecule has 0 saturated carbocycles. The highest BCUT2D eigenvalue weighted by molar-refractivity contribution is 6.31. The van der Waals surface area contributed by atoms with Crippen LogP contribution in [-0.2, 0) is 6.54 Å². The molecule has 4 nitrogen and oxygen atoms in total. The van der Waals surface area contributed by atoms with E-state index < -0.39 is 0 Å². The molecule has 2 aromatic carbocycles. The molecule has 0 unspecified atom stereocenters. The monoisotopic (exact) mass is 371 g/mol. The summed E-state index contributed by atoms with van der Waals surface area (Å²) < 4.78 is 18.6. The van der Waals surface area contributed by atoms with Gasteiger partial charge in [0.2, 0.25) is 0 Å². The topological polar surface area (TPSA) is 46.2 Å². The summed E-state index contributed by atoms with van der Waals surface area (Å²) in [5.74, 6) is 0.857. The smallest absolute Gasteiger partial charge is 0.128 e. The molecule has 0 aliphatic rings. The van der Waals surface area contributed by atoms with E-state index in [9.17, 15) is 4.39 Å². The molecule has 0 saturated heterocycles. The van der Waals surface area contributed by atoms with Crippen LogP contribution >= 0.6 is 11.6 Å². The van der Waals surface area contributed by atoms with Gasteiger partial charge in [-0.25, -0.2) is 9.37 Å². The quantitative estimate of drug-likeness (QED) is 0.557. The van der Waals surface area contributed by atoms with Crippen molar-refractivity contribution in [3.8, 4) is 5.75 Å². The number of fused-ring (bicyclic) bond motifs is 1. The van der Waals surface area contributed by atoms with Crippen LogP contribution in [0.15, 0.2) is 55.1 Å². The maximum absolute atomic E-state index is 13.3.